The fraction of sp³-hybridized carbons (Fsp3) is 0.500. The minimum absolute atomic E-state index is 0.0478. The van der Waals surface area contributed by atoms with Gasteiger partial charge < -0.3 is 9.64 Å². The molecule has 6 heteroatoms. The maximum Gasteiger partial charge on any atom is 0.387 e. The molecule has 0 aromatic heterocycles. The molecule has 1 aliphatic heterocycles. The summed E-state index contributed by atoms with van der Waals surface area (Å²) >= 11 is 6.12. The molecule has 20 heavy (non-hydrogen) atoms. The maximum atomic E-state index is 12.4. The highest BCUT2D eigenvalue weighted by molar-refractivity contribution is 6.20. The molecule has 0 saturated carbocycles. The average Bonchev–Trinajstić information content (AvgIpc) is 2.41. The molecule has 1 aliphatic rings. The van der Waals surface area contributed by atoms with Crippen LogP contribution in [-0.4, -0.2) is 35.9 Å². The molecule has 0 aliphatic carbocycles. The highest BCUT2D eigenvalue weighted by Crippen LogP contribution is 2.26. The molecular weight excluding hydrogens is 288 g/mol. The third-order valence-corrected chi connectivity index (χ3v) is 4.07. The number of rotatable bonds is 3. The number of nitrogens with zero attached hydrogens (tertiary/aromatic N) is 1. The molecule has 1 amide bonds. The molecule has 2 atom stereocenters. The molecule has 1 saturated heterocycles. The molecule has 0 N–H and O–H groups in total. The summed E-state index contributed by atoms with van der Waals surface area (Å²) in [7, 11) is 0. The van der Waals surface area contributed by atoms with E-state index in [2.05, 4.69) is 4.74 Å². The number of benzene rings is 1. The Bertz CT molecular complexity index is 484. The summed E-state index contributed by atoms with van der Waals surface area (Å²) in [6.07, 6.45) is 0.701. The van der Waals surface area contributed by atoms with Crippen LogP contribution in [0.5, 0.6) is 5.75 Å². The standard InChI is InChI=1S/C14H16ClF2NO2/c1-9-8-18(7-6-11(9)15)13(19)10-4-2-3-5-12(10)20-14(16)17/h2-5,9,11,14H,6-8H2,1H3. The molecule has 3 nitrogen and oxygen atoms in total. The molecule has 0 spiro atoms. The average molecular weight is 304 g/mol. The zero-order valence-electron chi connectivity index (χ0n) is 11.1. The van der Waals surface area contributed by atoms with E-state index in [-0.39, 0.29) is 28.5 Å². The lowest BCUT2D eigenvalue weighted by Crippen LogP contribution is -2.43. The van der Waals surface area contributed by atoms with Crippen molar-refractivity contribution in [2.75, 3.05) is 13.1 Å². The Morgan fingerprint density at radius 2 is 2.15 bits per heavy atom. The van der Waals surface area contributed by atoms with Gasteiger partial charge >= 0.3 is 6.61 Å². The lowest BCUT2D eigenvalue weighted by molar-refractivity contribution is -0.0503. The second-order valence-corrected chi connectivity index (χ2v) is 5.47. The van der Waals surface area contributed by atoms with Gasteiger partial charge in [0.15, 0.2) is 0 Å². The fourth-order valence-corrected chi connectivity index (χ4v) is 2.49. The lowest BCUT2D eigenvalue weighted by Gasteiger charge is -2.34. The Labute approximate surface area is 121 Å². The van der Waals surface area contributed by atoms with Crippen molar-refractivity contribution in [2.45, 2.75) is 25.3 Å². The van der Waals surface area contributed by atoms with Crippen molar-refractivity contribution in [2.24, 2.45) is 5.92 Å². The van der Waals surface area contributed by atoms with E-state index in [1.807, 2.05) is 6.92 Å². The van der Waals surface area contributed by atoms with E-state index in [1.54, 1.807) is 17.0 Å². The molecule has 2 rings (SSSR count). The second kappa shape index (κ2) is 6.39. The van der Waals surface area contributed by atoms with Gasteiger partial charge in [0.2, 0.25) is 0 Å². The summed E-state index contributed by atoms with van der Waals surface area (Å²) < 4.78 is 29.1. The number of amides is 1. The van der Waals surface area contributed by atoms with Crippen molar-refractivity contribution in [3.8, 4) is 5.75 Å². The number of carbonyl (C=O) groups is 1. The Kier molecular flexibility index (Phi) is 4.81. The van der Waals surface area contributed by atoms with Crippen molar-refractivity contribution in [3.63, 3.8) is 0 Å². The third kappa shape index (κ3) is 3.39. The quantitative estimate of drug-likeness (QED) is 0.801. The molecule has 0 bridgehead atoms. The smallest absolute Gasteiger partial charge is 0.387 e. The van der Waals surface area contributed by atoms with E-state index in [4.69, 9.17) is 11.6 Å². The van der Waals surface area contributed by atoms with Gasteiger partial charge in [-0.3, -0.25) is 4.79 Å². The van der Waals surface area contributed by atoms with Gasteiger partial charge in [0.05, 0.1) is 5.56 Å². The molecule has 2 unspecified atom stereocenters. The molecule has 110 valence electrons. The number of ether oxygens (including phenoxy) is 1. The number of likely N-dealkylation sites (tertiary alicyclic amines) is 1. The number of para-hydroxylation sites is 1. The summed E-state index contributed by atoms with van der Waals surface area (Å²) in [4.78, 5) is 14.0. The van der Waals surface area contributed by atoms with E-state index in [9.17, 15) is 13.6 Å². The van der Waals surface area contributed by atoms with Crippen LogP contribution in [0.15, 0.2) is 24.3 Å². The highest BCUT2D eigenvalue weighted by Gasteiger charge is 2.29. The minimum atomic E-state index is -2.95. The van der Waals surface area contributed by atoms with Crippen molar-refractivity contribution in [1.82, 2.24) is 4.90 Å². The predicted molar refractivity (Wildman–Crippen MR) is 72.4 cm³/mol. The number of carbonyl (C=O) groups excluding carboxylic acids is 1. The first-order valence-electron chi connectivity index (χ1n) is 6.46. The molecular formula is C14H16ClF2NO2. The summed E-state index contributed by atoms with van der Waals surface area (Å²) in [6.45, 7) is 0.0751. The Morgan fingerprint density at radius 3 is 2.80 bits per heavy atom. The Balaban J connectivity index is 2.17. The van der Waals surface area contributed by atoms with Crippen molar-refractivity contribution < 1.29 is 18.3 Å². The van der Waals surface area contributed by atoms with Gasteiger partial charge in [-0.1, -0.05) is 19.1 Å². The van der Waals surface area contributed by atoms with E-state index < -0.39 is 6.61 Å². The van der Waals surface area contributed by atoms with Gasteiger partial charge in [-0.05, 0) is 24.5 Å². The number of hydrogen-bond donors (Lipinski definition) is 0. The number of halogens is 3. The summed E-state index contributed by atoms with van der Waals surface area (Å²) in [5.41, 5.74) is 0.160. The van der Waals surface area contributed by atoms with Crippen LogP contribution in [0.1, 0.15) is 23.7 Å². The highest BCUT2D eigenvalue weighted by atomic mass is 35.5. The first-order chi connectivity index (χ1) is 9.49. The molecule has 1 heterocycles. The molecule has 1 aromatic carbocycles. The van der Waals surface area contributed by atoms with E-state index in [0.717, 1.165) is 0 Å². The maximum absolute atomic E-state index is 12.4. The van der Waals surface area contributed by atoms with Crippen LogP contribution < -0.4 is 4.74 Å². The topological polar surface area (TPSA) is 29.5 Å². The Morgan fingerprint density at radius 1 is 1.45 bits per heavy atom. The van der Waals surface area contributed by atoms with Crippen LogP contribution in [0, 0.1) is 5.92 Å². The predicted octanol–water partition coefficient (Wildman–Crippen LogP) is 3.38. The number of hydrogen-bond acceptors (Lipinski definition) is 2. The van der Waals surface area contributed by atoms with Gasteiger partial charge in [-0.25, -0.2) is 0 Å². The van der Waals surface area contributed by atoms with Crippen molar-refractivity contribution >= 4 is 17.5 Å². The monoisotopic (exact) mass is 303 g/mol. The first kappa shape index (κ1) is 15.0. The van der Waals surface area contributed by atoms with Crippen LogP contribution in [0.2, 0.25) is 0 Å². The van der Waals surface area contributed by atoms with Gasteiger partial charge in [-0.2, -0.15) is 8.78 Å². The zero-order valence-corrected chi connectivity index (χ0v) is 11.8. The zero-order chi connectivity index (χ0) is 14.7. The van der Waals surface area contributed by atoms with Crippen molar-refractivity contribution in [1.29, 1.82) is 0 Å². The van der Waals surface area contributed by atoms with Crippen LogP contribution in [0.3, 0.4) is 0 Å². The van der Waals surface area contributed by atoms with Gasteiger partial charge in [0.1, 0.15) is 5.75 Å². The fourth-order valence-electron chi connectivity index (χ4n) is 2.31. The summed E-state index contributed by atoms with van der Waals surface area (Å²) in [6, 6.07) is 6.06. The van der Waals surface area contributed by atoms with Gasteiger partial charge in [0.25, 0.3) is 5.91 Å². The summed E-state index contributed by atoms with van der Waals surface area (Å²) in [5.74, 6) is -0.206. The van der Waals surface area contributed by atoms with Crippen LogP contribution in [0.25, 0.3) is 0 Å². The van der Waals surface area contributed by atoms with E-state index >= 15 is 0 Å². The lowest BCUT2D eigenvalue weighted by atomic mass is 9.98. The summed E-state index contributed by atoms with van der Waals surface area (Å²) in [5, 5.41) is 0.0478. The van der Waals surface area contributed by atoms with Crippen LogP contribution in [0.4, 0.5) is 8.78 Å². The van der Waals surface area contributed by atoms with Gasteiger partial charge in [-0.15, -0.1) is 11.6 Å². The minimum Gasteiger partial charge on any atom is -0.434 e. The van der Waals surface area contributed by atoms with Crippen LogP contribution >= 0.6 is 11.6 Å². The normalized spacial score (nSPS) is 22.9. The van der Waals surface area contributed by atoms with Crippen LogP contribution in [-0.2, 0) is 0 Å². The van der Waals surface area contributed by atoms with E-state index in [0.29, 0.717) is 19.5 Å². The SMILES string of the molecule is CC1CN(C(=O)c2ccccc2OC(F)F)CCC1Cl. The second-order valence-electron chi connectivity index (χ2n) is 4.91. The molecule has 1 fully saturated rings. The molecule has 1 aromatic rings. The number of piperidine rings is 1. The van der Waals surface area contributed by atoms with Gasteiger partial charge in [0, 0.05) is 18.5 Å². The van der Waals surface area contributed by atoms with Crippen molar-refractivity contribution in [3.05, 3.63) is 29.8 Å². The first-order valence-corrected chi connectivity index (χ1v) is 6.90. The Hall–Kier alpha value is -1.36. The molecule has 0 radical (unpaired) electrons. The third-order valence-electron chi connectivity index (χ3n) is 3.42. The largest absolute Gasteiger partial charge is 0.434 e. The number of alkyl halides is 3. The van der Waals surface area contributed by atoms with E-state index in [1.165, 1.54) is 12.1 Å².